The highest BCUT2D eigenvalue weighted by atomic mass is 33.1. The Bertz CT molecular complexity index is 5540. The molecule has 0 bridgehead atoms. The molecule has 2 atom stereocenters. The normalized spacial score (nSPS) is 14.1. The predicted molar refractivity (Wildman–Crippen MR) is 473 cm³/mol. The van der Waals surface area contributed by atoms with Crippen LogP contribution in [0.4, 0.5) is 45.8 Å². The fourth-order valence-corrected chi connectivity index (χ4v) is 18.1. The molecule has 4 aromatic heterocycles. The van der Waals surface area contributed by atoms with Crippen LogP contribution in [0.15, 0.2) is 168 Å². The lowest BCUT2D eigenvalue weighted by atomic mass is 10.1. The Labute approximate surface area is 704 Å². The quantitative estimate of drug-likeness (QED) is 0.0169. The molecule has 8 N–H and O–H groups in total. The zero-order valence-corrected chi connectivity index (χ0v) is 71.2. The second-order valence-electron chi connectivity index (χ2n) is 29.7. The molecule has 0 radical (unpaired) electrons. The molecule has 6 aromatic carbocycles. The summed E-state index contributed by atoms with van der Waals surface area (Å²) in [4.78, 5) is 123. The summed E-state index contributed by atoms with van der Waals surface area (Å²) in [5, 5.41) is 23.2. The molecule has 10 aromatic rings. The fourth-order valence-electron chi connectivity index (χ4n) is 13.9. The number of benzene rings is 6. The highest BCUT2D eigenvalue weighted by molar-refractivity contribution is 8.77. The van der Waals surface area contributed by atoms with E-state index in [0.717, 1.165) is 51.2 Å². The summed E-state index contributed by atoms with van der Waals surface area (Å²) in [6.07, 6.45) is 17.0. The molecule has 119 heavy (non-hydrogen) atoms. The number of carbonyl (C=O) groups is 8. The Morgan fingerprint density at radius 2 is 0.941 bits per heavy atom. The molecule has 620 valence electrons. The average Bonchev–Trinajstić information content (AvgIpc) is 1.62. The average molecular weight is 1690 g/mol. The summed E-state index contributed by atoms with van der Waals surface area (Å²) in [7, 11) is 16.9. The number of amides is 7. The third-order valence-electron chi connectivity index (χ3n) is 19.7. The summed E-state index contributed by atoms with van der Waals surface area (Å²) in [5.41, 5.74) is 17.5. The Morgan fingerprint density at radius 1 is 0.513 bits per heavy atom. The van der Waals surface area contributed by atoms with Gasteiger partial charge >= 0.3 is 5.97 Å². The topological polar surface area (TPSA) is 357 Å². The van der Waals surface area contributed by atoms with Crippen LogP contribution in [0.25, 0.3) is 22.3 Å². The minimum Gasteiger partial charge on any atom is -0.493 e. The predicted octanol–water partition coefficient (Wildman–Crippen LogP) is 14.3. The van der Waals surface area contributed by atoms with E-state index in [2.05, 4.69) is 74.2 Å². The van der Waals surface area contributed by atoms with Crippen molar-refractivity contribution >= 4 is 149 Å². The standard InChI is InChI=1S/C43H46N8O6S2.C22H28N6O2S2.C21H20N2O5/c1-43(2,59-58-6)25-45-40(53)34-19-28(23-49(34)3)26-13-15-29(16-14-26)46-41(54)39-48-37(24-50(39)4)47-38(52)12-9-17-57-36-21-32-31(20-35(36)56-5)42(55)51-30(22-44-32)18-27-10-7-8-11-33(27)51;1-22(2,32-31-5)13-24-20(29)17-10-15(11-27(17)3)14-6-8-16(9-7-14)25-21(30)19-26-18(23)12-28(19)4;1-27-18-10-15-16(11-19(18)28-8-4-7-20(24)25)22-12-14-9-13-5-2-3-6-17(13)23(14)21(15)26/h7-8,10-11,13-16,19-24,30H,9,12,17-18,25H2,1-6H3,(H,45,53)(H,46,54)(H,47,52);6-12H,13,23H2,1-5H3,(H,24,29)(H,25,30);2-3,5-6,10-12,14H,4,7-9H2,1H3,(H,24,25)/t30-;;14-/m0.0/s1. The molecule has 0 saturated heterocycles. The number of nitrogen functional groups attached to an aromatic ring is 1. The number of carboxylic acid groups (broad SMARTS) is 1. The Hall–Kier alpha value is -12.2. The first-order valence-corrected chi connectivity index (χ1v) is 43.2. The number of rotatable bonds is 29. The number of hydrogen-bond donors (Lipinski definition) is 7. The second kappa shape index (κ2) is 38.0. The molecule has 0 aliphatic carbocycles. The Balaban J connectivity index is 0.000000181. The number of aryl methyl sites for hydroxylation is 4. The van der Waals surface area contributed by atoms with E-state index in [4.69, 9.17) is 29.8 Å². The highest BCUT2D eigenvalue weighted by Gasteiger charge is 2.39. The molecule has 29 nitrogen and oxygen atoms in total. The lowest BCUT2D eigenvalue weighted by Crippen LogP contribution is -2.37. The van der Waals surface area contributed by atoms with E-state index < -0.39 is 11.9 Å². The van der Waals surface area contributed by atoms with Gasteiger partial charge in [0, 0.05) is 160 Å². The van der Waals surface area contributed by atoms with Crippen molar-refractivity contribution in [3.63, 3.8) is 0 Å². The first-order chi connectivity index (χ1) is 57.0. The Morgan fingerprint density at radius 3 is 1.36 bits per heavy atom. The number of aliphatic carboxylic acids is 1. The van der Waals surface area contributed by atoms with Crippen LogP contribution in [0, 0.1) is 0 Å². The summed E-state index contributed by atoms with van der Waals surface area (Å²) >= 11 is 0. The number of anilines is 6. The zero-order chi connectivity index (χ0) is 85.0. The summed E-state index contributed by atoms with van der Waals surface area (Å²) in [6.45, 7) is 9.95. The van der Waals surface area contributed by atoms with Crippen molar-refractivity contribution in [3.05, 3.63) is 204 Å². The molecule has 0 fully saturated rings. The van der Waals surface area contributed by atoms with Crippen LogP contribution in [-0.2, 0) is 50.6 Å². The van der Waals surface area contributed by atoms with Crippen molar-refractivity contribution in [2.24, 2.45) is 38.2 Å². The zero-order valence-electron chi connectivity index (χ0n) is 67.9. The van der Waals surface area contributed by atoms with Gasteiger partial charge in [0.25, 0.3) is 35.4 Å². The van der Waals surface area contributed by atoms with Gasteiger partial charge in [-0.15, -0.1) is 0 Å². The van der Waals surface area contributed by atoms with E-state index in [0.29, 0.717) is 106 Å². The summed E-state index contributed by atoms with van der Waals surface area (Å²) < 4.78 is 29.3. The monoisotopic (exact) mass is 1690 g/mol. The van der Waals surface area contributed by atoms with Crippen molar-refractivity contribution in [1.29, 1.82) is 0 Å². The number of nitrogens with two attached hydrogens (primary N) is 1. The van der Waals surface area contributed by atoms with E-state index in [1.807, 2.05) is 141 Å². The molecule has 7 amide bonds. The largest absolute Gasteiger partial charge is 0.493 e. The number of imidazole rings is 2. The molecule has 33 heteroatoms. The first kappa shape index (κ1) is 86.1. The molecular formula is C86H94N16O13S4. The Kier molecular flexibility index (Phi) is 27.5. The molecule has 4 aliphatic heterocycles. The molecule has 4 aliphatic rings. The third kappa shape index (κ3) is 20.9. The van der Waals surface area contributed by atoms with Crippen LogP contribution >= 0.6 is 43.2 Å². The number of nitrogens with zero attached hydrogens (tertiary/aromatic N) is 10. The van der Waals surface area contributed by atoms with E-state index in [9.17, 15) is 38.4 Å². The maximum atomic E-state index is 13.7. The van der Waals surface area contributed by atoms with Crippen LogP contribution in [0.2, 0.25) is 0 Å². The number of carbonyl (C=O) groups excluding carboxylic acids is 7. The van der Waals surface area contributed by atoms with Crippen LogP contribution < -0.4 is 61.1 Å². The van der Waals surface area contributed by atoms with Gasteiger partial charge < -0.3 is 74.6 Å². The van der Waals surface area contributed by atoms with Gasteiger partial charge in [-0.05, 0) is 136 Å². The van der Waals surface area contributed by atoms with Crippen molar-refractivity contribution < 1.29 is 62.4 Å². The van der Waals surface area contributed by atoms with Crippen molar-refractivity contribution in [2.45, 2.75) is 87.8 Å². The van der Waals surface area contributed by atoms with E-state index in [1.165, 1.54) is 14.2 Å². The number of para-hydroxylation sites is 2. The lowest BCUT2D eigenvalue weighted by molar-refractivity contribution is -0.137. The fraction of sp³-hybridized carbons (Fsp3) is 0.302. The second-order valence-corrected chi connectivity index (χ2v) is 35.9. The maximum absolute atomic E-state index is 13.7. The van der Waals surface area contributed by atoms with Gasteiger partial charge in [0.1, 0.15) is 17.2 Å². The molecule has 0 saturated carbocycles. The van der Waals surface area contributed by atoms with E-state index in [-0.39, 0.29) is 101 Å². The number of hydrogen-bond acceptors (Lipinski definition) is 21. The molecule has 14 rings (SSSR count). The van der Waals surface area contributed by atoms with Crippen LogP contribution in [0.3, 0.4) is 0 Å². The van der Waals surface area contributed by atoms with Crippen molar-refractivity contribution in [2.75, 3.05) is 84.5 Å². The van der Waals surface area contributed by atoms with E-state index >= 15 is 0 Å². The van der Waals surface area contributed by atoms with Gasteiger partial charge in [0.15, 0.2) is 28.8 Å². The minimum absolute atomic E-state index is 0.0277. The van der Waals surface area contributed by atoms with E-state index in [1.54, 1.807) is 142 Å². The van der Waals surface area contributed by atoms with Crippen LogP contribution in [-0.4, -0.2) is 168 Å². The summed E-state index contributed by atoms with van der Waals surface area (Å²) in [6, 6.07) is 40.6. The highest BCUT2D eigenvalue weighted by Crippen LogP contribution is 2.44. The minimum atomic E-state index is -0.867. The van der Waals surface area contributed by atoms with Crippen molar-refractivity contribution in [3.8, 4) is 45.3 Å². The lowest BCUT2D eigenvalue weighted by Gasteiger charge is -2.22. The van der Waals surface area contributed by atoms with Crippen molar-refractivity contribution in [1.82, 2.24) is 38.9 Å². The van der Waals surface area contributed by atoms with Gasteiger partial charge in [-0.25, -0.2) is 9.97 Å². The smallest absolute Gasteiger partial charge is 0.303 e. The number of carboxylic acids is 1. The molecule has 8 heterocycles. The van der Waals surface area contributed by atoms with Gasteiger partial charge in [-0.2, -0.15) is 0 Å². The molecule has 0 spiro atoms. The number of nitrogens with one attached hydrogen (secondary N) is 5. The number of methoxy groups -OCH3 is 2. The van der Waals surface area contributed by atoms with Crippen LogP contribution in [0.1, 0.15) is 127 Å². The number of aliphatic imine (C=N–C) groups is 2. The summed E-state index contributed by atoms with van der Waals surface area (Å²) in [5.74, 6) is 0.111. The van der Waals surface area contributed by atoms with Gasteiger partial charge in [0.2, 0.25) is 17.6 Å². The van der Waals surface area contributed by atoms with Crippen LogP contribution in [0.5, 0.6) is 23.0 Å². The van der Waals surface area contributed by atoms with Gasteiger partial charge in [-0.3, -0.25) is 58.1 Å². The first-order valence-electron chi connectivity index (χ1n) is 38.1. The van der Waals surface area contributed by atoms with Gasteiger partial charge in [-0.1, -0.05) is 104 Å². The number of aromatic nitrogens is 6. The number of ether oxygens (including phenoxy) is 4. The SMILES string of the molecule is COc1cc2c(cc1OCCCC(=O)Nc1cn(C)c(C(=O)Nc3ccc(-c4cc(C(=O)NCC(C)(C)SSC)n(C)c4)cc3)n1)N=C[C@@H]1Cc3ccccc3N1C2=O.COc1cc2c(cc1OCCCC(=O)O)N=C[C@@H]1Cc3ccccc3N1C2=O.CSSC(C)(C)CNC(=O)c1cc(-c2ccc(NC(=O)c3nc(N)cn3C)cc2)cn1C. The third-order valence-corrected chi connectivity index (χ3v) is 24.9. The molecular weight excluding hydrogens is 1590 g/mol. The maximum Gasteiger partial charge on any atom is 0.303 e. The molecule has 0 unspecified atom stereocenters. The number of fused-ring (bicyclic) bond motifs is 8. The van der Waals surface area contributed by atoms with Gasteiger partial charge in [0.05, 0.1) is 62.0 Å².